The Balaban J connectivity index is 2.59. The molecule has 0 spiro atoms. The lowest BCUT2D eigenvalue weighted by Gasteiger charge is -2.11. The molecule has 1 aliphatic carbocycles. The standard InChI is InChI=1S/C12H25N3/c1-7-8(2)14-10(13)15-9-11(3,4)12(9,5)6/h8-9H,7H2,1-6H3,(H3,13,14,15). The number of hydrogen-bond acceptors (Lipinski definition) is 1. The molecule has 0 aromatic heterocycles. The van der Waals surface area contributed by atoms with Crippen LogP contribution >= 0.6 is 0 Å². The Hall–Kier alpha value is -0.730. The number of nitrogens with two attached hydrogens (primary N) is 1. The van der Waals surface area contributed by atoms with Crippen LogP contribution in [-0.4, -0.2) is 18.0 Å². The van der Waals surface area contributed by atoms with Gasteiger partial charge < -0.3 is 11.1 Å². The topological polar surface area (TPSA) is 50.4 Å². The molecule has 0 aliphatic heterocycles. The van der Waals surface area contributed by atoms with Crippen LogP contribution in [0.25, 0.3) is 0 Å². The van der Waals surface area contributed by atoms with Crippen LogP contribution in [0.2, 0.25) is 0 Å². The Morgan fingerprint density at radius 2 is 1.80 bits per heavy atom. The van der Waals surface area contributed by atoms with Crippen LogP contribution in [0.5, 0.6) is 0 Å². The van der Waals surface area contributed by atoms with E-state index in [0.29, 0.717) is 18.0 Å². The lowest BCUT2D eigenvalue weighted by molar-refractivity contribution is 0.457. The van der Waals surface area contributed by atoms with Gasteiger partial charge in [-0.25, -0.2) is 4.99 Å². The van der Waals surface area contributed by atoms with Gasteiger partial charge in [0.05, 0.1) is 6.04 Å². The van der Waals surface area contributed by atoms with Gasteiger partial charge in [0.1, 0.15) is 0 Å². The van der Waals surface area contributed by atoms with Gasteiger partial charge in [0.15, 0.2) is 5.96 Å². The number of rotatable bonds is 3. The number of hydrogen-bond donors (Lipinski definition) is 2. The van der Waals surface area contributed by atoms with Gasteiger partial charge in [0.25, 0.3) is 0 Å². The molecule has 1 aliphatic rings. The van der Waals surface area contributed by atoms with Crippen LogP contribution in [0, 0.1) is 10.8 Å². The molecule has 0 heterocycles. The predicted octanol–water partition coefficient (Wildman–Crippen LogP) is 2.12. The third kappa shape index (κ3) is 2.11. The van der Waals surface area contributed by atoms with E-state index in [1.807, 2.05) is 0 Å². The summed E-state index contributed by atoms with van der Waals surface area (Å²) in [6.45, 7) is 13.2. The monoisotopic (exact) mass is 211 g/mol. The molecule has 1 fully saturated rings. The summed E-state index contributed by atoms with van der Waals surface area (Å²) in [7, 11) is 0. The highest BCUT2D eigenvalue weighted by Gasteiger charge is 2.65. The molecule has 1 unspecified atom stereocenters. The van der Waals surface area contributed by atoms with Crippen LogP contribution in [0.3, 0.4) is 0 Å². The minimum Gasteiger partial charge on any atom is -0.370 e. The van der Waals surface area contributed by atoms with Crippen molar-refractivity contribution >= 4 is 5.96 Å². The van der Waals surface area contributed by atoms with E-state index in [2.05, 4.69) is 51.9 Å². The molecule has 1 atom stereocenters. The van der Waals surface area contributed by atoms with Gasteiger partial charge in [0.2, 0.25) is 0 Å². The molecule has 3 nitrogen and oxygen atoms in total. The highest BCUT2D eigenvalue weighted by Crippen LogP contribution is 2.64. The Morgan fingerprint density at radius 1 is 1.33 bits per heavy atom. The van der Waals surface area contributed by atoms with E-state index in [9.17, 15) is 0 Å². The largest absolute Gasteiger partial charge is 0.370 e. The van der Waals surface area contributed by atoms with E-state index in [4.69, 9.17) is 5.73 Å². The second-order valence-electron chi connectivity index (χ2n) is 5.81. The van der Waals surface area contributed by atoms with Crippen molar-refractivity contribution in [2.24, 2.45) is 21.6 Å². The minimum atomic E-state index is 0.273. The highest BCUT2D eigenvalue weighted by atomic mass is 15.1. The lowest BCUT2D eigenvalue weighted by Crippen LogP contribution is -2.38. The molecule has 3 N–H and O–H groups in total. The fourth-order valence-electron chi connectivity index (χ4n) is 2.02. The maximum Gasteiger partial charge on any atom is 0.189 e. The van der Waals surface area contributed by atoms with Gasteiger partial charge in [-0.1, -0.05) is 34.6 Å². The zero-order valence-electron chi connectivity index (χ0n) is 10.9. The normalized spacial score (nSPS) is 26.1. The Bertz CT molecular complexity index is 252. The summed E-state index contributed by atoms with van der Waals surface area (Å²) in [4.78, 5) is 4.57. The van der Waals surface area contributed by atoms with Crippen LogP contribution in [0.15, 0.2) is 4.99 Å². The first-order chi connectivity index (χ1) is 6.73. The predicted molar refractivity (Wildman–Crippen MR) is 65.9 cm³/mol. The molecule has 1 saturated carbocycles. The van der Waals surface area contributed by atoms with E-state index >= 15 is 0 Å². The molecule has 0 aromatic rings. The summed E-state index contributed by atoms with van der Waals surface area (Å²) in [5, 5.41) is 3.20. The maximum atomic E-state index is 5.87. The third-order valence-electron chi connectivity index (χ3n) is 4.22. The fraction of sp³-hybridized carbons (Fsp3) is 0.917. The van der Waals surface area contributed by atoms with Crippen LogP contribution in [0.4, 0.5) is 0 Å². The van der Waals surface area contributed by atoms with Crippen molar-refractivity contribution in [3.63, 3.8) is 0 Å². The van der Waals surface area contributed by atoms with Gasteiger partial charge >= 0.3 is 0 Å². The van der Waals surface area contributed by atoms with Crippen molar-refractivity contribution in [3.05, 3.63) is 0 Å². The Labute approximate surface area is 93.5 Å². The van der Waals surface area contributed by atoms with E-state index < -0.39 is 0 Å². The van der Waals surface area contributed by atoms with Gasteiger partial charge in [0, 0.05) is 6.04 Å². The number of guanidine groups is 1. The molecule has 15 heavy (non-hydrogen) atoms. The zero-order chi connectivity index (χ0) is 11.9. The van der Waals surface area contributed by atoms with Gasteiger partial charge in [-0.15, -0.1) is 0 Å². The van der Waals surface area contributed by atoms with Crippen LogP contribution in [-0.2, 0) is 0 Å². The smallest absolute Gasteiger partial charge is 0.189 e. The third-order valence-corrected chi connectivity index (χ3v) is 4.22. The average molecular weight is 211 g/mol. The first-order valence-electron chi connectivity index (χ1n) is 5.83. The first kappa shape index (κ1) is 12.3. The molecule has 1 rings (SSSR count). The van der Waals surface area contributed by atoms with Crippen molar-refractivity contribution in [2.45, 2.75) is 60.0 Å². The van der Waals surface area contributed by atoms with Crippen molar-refractivity contribution < 1.29 is 0 Å². The van der Waals surface area contributed by atoms with Crippen LogP contribution < -0.4 is 11.1 Å². The number of nitrogens with one attached hydrogen (secondary N) is 1. The van der Waals surface area contributed by atoms with Crippen molar-refractivity contribution in [3.8, 4) is 0 Å². The van der Waals surface area contributed by atoms with Crippen molar-refractivity contribution in [1.29, 1.82) is 0 Å². The molecule has 0 saturated heterocycles. The summed E-state index contributed by atoms with van der Waals surface area (Å²) < 4.78 is 0. The van der Waals surface area contributed by atoms with Gasteiger partial charge in [-0.05, 0) is 24.2 Å². The minimum absolute atomic E-state index is 0.273. The van der Waals surface area contributed by atoms with Gasteiger partial charge in [-0.2, -0.15) is 0 Å². The SMILES string of the molecule is CCC(C)NC(N)=NC1C(C)(C)C1(C)C. The second kappa shape index (κ2) is 3.69. The molecular weight excluding hydrogens is 186 g/mol. The summed E-state index contributed by atoms with van der Waals surface area (Å²) >= 11 is 0. The summed E-state index contributed by atoms with van der Waals surface area (Å²) in [5.74, 6) is 0.591. The van der Waals surface area contributed by atoms with E-state index in [0.717, 1.165) is 6.42 Å². The molecule has 0 amide bonds. The first-order valence-corrected chi connectivity index (χ1v) is 5.83. The van der Waals surface area contributed by atoms with E-state index in [1.165, 1.54) is 0 Å². The van der Waals surface area contributed by atoms with Crippen molar-refractivity contribution in [2.75, 3.05) is 0 Å². The fourth-order valence-corrected chi connectivity index (χ4v) is 2.02. The van der Waals surface area contributed by atoms with E-state index in [1.54, 1.807) is 0 Å². The Kier molecular flexibility index (Phi) is 3.04. The number of aliphatic imine (C=N–C) groups is 1. The summed E-state index contributed by atoms with van der Waals surface area (Å²) in [6.07, 6.45) is 1.06. The summed E-state index contributed by atoms with van der Waals surface area (Å²) in [6, 6.07) is 0.750. The molecular formula is C12H25N3. The second-order valence-corrected chi connectivity index (χ2v) is 5.81. The molecule has 0 aromatic carbocycles. The van der Waals surface area contributed by atoms with Crippen molar-refractivity contribution in [1.82, 2.24) is 5.32 Å². The molecule has 3 heteroatoms. The Morgan fingerprint density at radius 3 is 2.13 bits per heavy atom. The van der Waals surface area contributed by atoms with Gasteiger partial charge in [-0.3, -0.25) is 0 Å². The van der Waals surface area contributed by atoms with Crippen LogP contribution in [0.1, 0.15) is 48.0 Å². The maximum absolute atomic E-state index is 5.87. The molecule has 0 bridgehead atoms. The quantitative estimate of drug-likeness (QED) is 0.555. The average Bonchev–Trinajstić information content (AvgIpc) is 2.48. The zero-order valence-corrected chi connectivity index (χ0v) is 10.9. The lowest BCUT2D eigenvalue weighted by atomic mass is 10.0. The molecule has 0 radical (unpaired) electrons. The summed E-state index contributed by atoms with van der Waals surface area (Å²) in [5.41, 5.74) is 6.42. The highest BCUT2D eigenvalue weighted by molar-refractivity contribution is 5.78. The number of nitrogens with zero attached hydrogens (tertiary/aromatic N) is 1. The van der Waals surface area contributed by atoms with E-state index in [-0.39, 0.29) is 10.8 Å². The molecule has 88 valence electrons.